The van der Waals surface area contributed by atoms with Crippen LogP contribution in [0.25, 0.3) is 0 Å². The quantitative estimate of drug-likeness (QED) is 0.105. The van der Waals surface area contributed by atoms with Crippen LogP contribution in [0.4, 0.5) is 0 Å². The second-order valence-electron chi connectivity index (χ2n) is 18.3. The molecule has 0 aromatic heterocycles. The van der Waals surface area contributed by atoms with Crippen LogP contribution in [0.3, 0.4) is 0 Å². The first-order valence-electron chi connectivity index (χ1n) is 23.0. The summed E-state index contributed by atoms with van der Waals surface area (Å²) >= 11 is 0. The monoisotopic (exact) mass is 887 g/mol. The summed E-state index contributed by atoms with van der Waals surface area (Å²) in [6.45, 7) is 14.7. The lowest BCUT2D eigenvalue weighted by atomic mass is 9.88. The van der Waals surface area contributed by atoms with Gasteiger partial charge in [0.05, 0.1) is 42.9 Å². The number of ether oxygens (including phenoxy) is 2. The van der Waals surface area contributed by atoms with Gasteiger partial charge in [0.1, 0.15) is 12.1 Å². The van der Waals surface area contributed by atoms with E-state index in [0.717, 1.165) is 18.4 Å². The first-order chi connectivity index (χ1) is 29.9. The SMILES string of the molecule is CC[C@H](C)[C@@H]([C@@H](CC(=O)C1CC[C@@H]([C@H](OC)[C@@H](C)C(=O)N[C@@H](Cc2ccccc2)C(=O)N2CCCCO2)N1)OC)N(C)C(=O)[C@@H](NC(=O)[C@H](C(C)C)N(C)CCCC(=O)O)C(C)C. The van der Waals surface area contributed by atoms with E-state index in [0.29, 0.717) is 51.8 Å². The van der Waals surface area contributed by atoms with Gasteiger partial charge in [-0.3, -0.25) is 38.5 Å². The third kappa shape index (κ3) is 15.3. The van der Waals surface area contributed by atoms with Crippen molar-refractivity contribution in [3.8, 4) is 0 Å². The molecule has 63 heavy (non-hydrogen) atoms. The van der Waals surface area contributed by atoms with E-state index in [-0.39, 0.29) is 66.0 Å². The summed E-state index contributed by atoms with van der Waals surface area (Å²) in [4.78, 5) is 90.1. The fraction of sp³-hybridized carbons (Fsp3) is 0.745. The van der Waals surface area contributed by atoms with Crippen LogP contribution in [0.2, 0.25) is 0 Å². The van der Waals surface area contributed by atoms with E-state index in [2.05, 4.69) is 16.0 Å². The number of methoxy groups -OCH3 is 2. The molecule has 0 aliphatic carbocycles. The molecule has 1 unspecified atom stereocenters. The molecule has 16 heteroatoms. The van der Waals surface area contributed by atoms with E-state index in [1.165, 1.54) is 5.06 Å². The minimum Gasteiger partial charge on any atom is -0.481 e. The molecule has 1 aromatic rings. The Bertz CT molecular complexity index is 1620. The van der Waals surface area contributed by atoms with E-state index >= 15 is 0 Å². The van der Waals surface area contributed by atoms with Crippen LogP contribution < -0.4 is 16.0 Å². The standard InChI is InChI=1S/C47H78N6O10/c1-12-31(6)42(52(9)47(60)40(29(2)3)50-45(58)41(30(4)5)51(8)24-18-21-39(55)56)38(61-10)28-37(54)34-22-23-35(48-34)43(62-11)32(7)44(57)49-36(27-33-19-14-13-15-20-33)46(59)53-25-16-17-26-63-53/h13-15,19-20,29-32,34-36,38,40-43,48H,12,16-18,21-28H2,1-11H3,(H,49,57)(H,50,58)(H,55,56)/t31-,32+,34?,35-,36-,38+,40-,41-,42-,43+/m0/s1. The maximum Gasteiger partial charge on any atom is 0.303 e. The van der Waals surface area contributed by atoms with E-state index in [4.69, 9.17) is 19.4 Å². The van der Waals surface area contributed by atoms with Gasteiger partial charge in [-0.1, -0.05) is 85.2 Å². The minimum absolute atomic E-state index is 0.00590. The topological polar surface area (TPSA) is 196 Å². The Kier molecular flexibility index (Phi) is 22.1. The van der Waals surface area contributed by atoms with Gasteiger partial charge in [0.25, 0.3) is 5.91 Å². The smallest absolute Gasteiger partial charge is 0.303 e. The van der Waals surface area contributed by atoms with Gasteiger partial charge in [0.2, 0.25) is 17.7 Å². The van der Waals surface area contributed by atoms with Gasteiger partial charge < -0.3 is 35.4 Å². The lowest BCUT2D eigenvalue weighted by Crippen LogP contribution is -2.60. The number of ketones is 1. The molecule has 356 valence electrons. The van der Waals surface area contributed by atoms with E-state index in [1.807, 2.05) is 76.8 Å². The van der Waals surface area contributed by atoms with Crippen molar-refractivity contribution >= 4 is 35.4 Å². The van der Waals surface area contributed by atoms with Crippen LogP contribution in [0.1, 0.15) is 105 Å². The highest BCUT2D eigenvalue weighted by atomic mass is 16.7. The fourth-order valence-electron chi connectivity index (χ4n) is 9.12. The predicted molar refractivity (Wildman–Crippen MR) is 240 cm³/mol. The highest BCUT2D eigenvalue weighted by Gasteiger charge is 2.43. The minimum atomic E-state index is -0.896. The Labute approximate surface area is 375 Å². The van der Waals surface area contributed by atoms with Crippen molar-refractivity contribution in [1.82, 2.24) is 30.8 Å². The van der Waals surface area contributed by atoms with E-state index in [1.54, 1.807) is 40.1 Å². The largest absolute Gasteiger partial charge is 0.481 e. The molecule has 2 saturated heterocycles. The predicted octanol–water partition coefficient (Wildman–Crippen LogP) is 3.85. The molecule has 0 spiro atoms. The molecule has 2 aliphatic rings. The fourth-order valence-corrected chi connectivity index (χ4v) is 9.12. The number of hydrogen-bond donors (Lipinski definition) is 4. The number of nitrogens with zero attached hydrogens (tertiary/aromatic N) is 3. The van der Waals surface area contributed by atoms with Crippen LogP contribution in [0.5, 0.6) is 0 Å². The number of Topliss-reactive ketones (excluding diaryl/α,β-unsaturated/α-hetero) is 1. The zero-order valence-electron chi connectivity index (χ0n) is 39.8. The number of aliphatic carboxylic acids is 1. The summed E-state index contributed by atoms with van der Waals surface area (Å²) in [6, 6.07) is 5.89. The summed E-state index contributed by atoms with van der Waals surface area (Å²) in [5.41, 5.74) is 0.904. The Morgan fingerprint density at radius 3 is 2.16 bits per heavy atom. The number of rotatable bonds is 26. The highest BCUT2D eigenvalue weighted by molar-refractivity contribution is 5.91. The molecule has 2 aliphatic heterocycles. The molecule has 16 nitrogen and oxygen atoms in total. The van der Waals surface area contributed by atoms with Gasteiger partial charge >= 0.3 is 5.97 Å². The molecule has 4 amide bonds. The van der Waals surface area contributed by atoms with Crippen LogP contribution >= 0.6 is 0 Å². The summed E-state index contributed by atoms with van der Waals surface area (Å²) in [5.74, 6) is -3.31. The van der Waals surface area contributed by atoms with Gasteiger partial charge in [0.15, 0.2) is 5.78 Å². The number of nitrogens with one attached hydrogen (secondary N) is 3. The Hall–Kier alpha value is -3.96. The second-order valence-corrected chi connectivity index (χ2v) is 18.3. The van der Waals surface area contributed by atoms with Crippen molar-refractivity contribution < 1.29 is 48.2 Å². The molecule has 0 saturated carbocycles. The number of carbonyl (C=O) groups is 6. The molecule has 0 radical (unpaired) electrons. The van der Waals surface area contributed by atoms with Crippen LogP contribution in [0.15, 0.2) is 30.3 Å². The lowest BCUT2D eigenvalue weighted by Gasteiger charge is -2.40. The van der Waals surface area contributed by atoms with Crippen molar-refractivity contribution in [2.75, 3.05) is 48.0 Å². The highest BCUT2D eigenvalue weighted by Crippen LogP contribution is 2.28. The van der Waals surface area contributed by atoms with Crippen molar-refractivity contribution in [2.45, 2.75) is 155 Å². The number of carboxylic acid groups (broad SMARTS) is 1. The van der Waals surface area contributed by atoms with Crippen LogP contribution in [0, 0.1) is 23.7 Å². The second kappa shape index (κ2) is 26.1. The van der Waals surface area contributed by atoms with Crippen molar-refractivity contribution in [2.24, 2.45) is 23.7 Å². The number of carboxylic acids is 1. The number of benzene rings is 1. The normalized spacial score (nSPS) is 20.6. The Morgan fingerprint density at radius 2 is 1.60 bits per heavy atom. The number of carbonyl (C=O) groups excluding carboxylic acids is 5. The molecular formula is C47H78N6O10. The molecular weight excluding hydrogens is 809 g/mol. The molecule has 4 N–H and O–H groups in total. The maximum absolute atomic E-state index is 14.4. The van der Waals surface area contributed by atoms with Gasteiger partial charge in [-0.2, -0.15) is 0 Å². The zero-order chi connectivity index (χ0) is 47.0. The molecule has 3 rings (SSSR count). The summed E-state index contributed by atoms with van der Waals surface area (Å²) in [5, 5.41) is 19.9. The van der Waals surface area contributed by atoms with Crippen LogP contribution in [-0.4, -0.2) is 152 Å². The number of hydrogen-bond acceptors (Lipinski definition) is 11. The lowest BCUT2D eigenvalue weighted by molar-refractivity contribution is -0.199. The average molecular weight is 887 g/mol. The van der Waals surface area contributed by atoms with Crippen molar-refractivity contribution in [3.05, 3.63) is 35.9 Å². The summed E-state index contributed by atoms with van der Waals surface area (Å²) in [6.07, 6.45) is 2.94. The Morgan fingerprint density at radius 1 is 0.921 bits per heavy atom. The summed E-state index contributed by atoms with van der Waals surface area (Å²) in [7, 11) is 6.57. The Balaban J connectivity index is 1.72. The number of amides is 4. The molecule has 1 aromatic carbocycles. The zero-order valence-corrected chi connectivity index (χ0v) is 39.8. The van der Waals surface area contributed by atoms with E-state index < -0.39 is 54.3 Å². The van der Waals surface area contributed by atoms with E-state index in [9.17, 15) is 28.8 Å². The summed E-state index contributed by atoms with van der Waals surface area (Å²) < 4.78 is 11.9. The van der Waals surface area contributed by atoms with Crippen molar-refractivity contribution in [1.29, 1.82) is 0 Å². The molecule has 2 heterocycles. The number of likely N-dealkylation sites (N-methyl/N-ethyl adjacent to an activating group) is 2. The van der Waals surface area contributed by atoms with Crippen LogP contribution in [-0.2, 0) is 49.5 Å². The van der Waals surface area contributed by atoms with Gasteiger partial charge in [-0.15, -0.1) is 0 Å². The molecule has 2 fully saturated rings. The van der Waals surface area contributed by atoms with Gasteiger partial charge in [-0.05, 0) is 69.0 Å². The number of hydroxylamine groups is 2. The third-order valence-electron chi connectivity index (χ3n) is 12.9. The van der Waals surface area contributed by atoms with Crippen molar-refractivity contribution in [3.63, 3.8) is 0 Å². The molecule has 0 bridgehead atoms. The van der Waals surface area contributed by atoms with Gasteiger partial charge in [-0.25, -0.2) is 5.06 Å². The average Bonchev–Trinajstić information content (AvgIpc) is 3.75. The molecule has 10 atom stereocenters. The third-order valence-corrected chi connectivity index (χ3v) is 12.9. The first-order valence-corrected chi connectivity index (χ1v) is 23.0. The van der Waals surface area contributed by atoms with Gasteiger partial charge in [0, 0.05) is 53.1 Å². The first kappa shape index (κ1) is 53.4. The maximum atomic E-state index is 14.4.